The van der Waals surface area contributed by atoms with Crippen LogP contribution in [0.1, 0.15) is 50.7 Å². The van der Waals surface area contributed by atoms with Gasteiger partial charge >= 0.3 is 0 Å². The lowest BCUT2D eigenvalue weighted by Gasteiger charge is -2.31. The fraction of sp³-hybridized carbons (Fsp3) is 0.481. The fourth-order valence-corrected chi connectivity index (χ4v) is 5.23. The molecule has 2 aromatic rings. The Labute approximate surface area is 226 Å². The third kappa shape index (κ3) is 8.93. The van der Waals surface area contributed by atoms with Gasteiger partial charge in [-0.05, 0) is 61.6 Å². The first-order chi connectivity index (χ1) is 17.5. The van der Waals surface area contributed by atoms with Crippen LogP contribution in [0.2, 0.25) is 5.02 Å². The molecule has 8 nitrogen and oxygen atoms in total. The Morgan fingerprint density at radius 1 is 1.11 bits per heavy atom. The van der Waals surface area contributed by atoms with Crippen LogP contribution in [0.3, 0.4) is 0 Å². The average Bonchev–Trinajstić information content (AvgIpc) is 2.86. The number of hydrogen-bond acceptors (Lipinski definition) is 5. The minimum absolute atomic E-state index is 0.0827. The van der Waals surface area contributed by atoms with Crippen LogP contribution in [-0.4, -0.2) is 57.6 Å². The topological polar surface area (TPSA) is 96.0 Å². The molecule has 0 heterocycles. The number of nitrogens with zero attached hydrogens (tertiary/aromatic N) is 2. The van der Waals surface area contributed by atoms with Crippen LogP contribution in [0.15, 0.2) is 42.5 Å². The summed E-state index contributed by atoms with van der Waals surface area (Å²) in [6, 6.07) is 11.8. The highest BCUT2D eigenvalue weighted by Gasteiger charge is 2.29. The number of amides is 2. The minimum Gasteiger partial charge on any atom is -0.497 e. The van der Waals surface area contributed by atoms with Gasteiger partial charge in [0.05, 0.1) is 19.1 Å². The second-order valence-corrected chi connectivity index (χ2v) is 11.3. The number of carbonyl (C=O) groups is 2. The van der Waals surface area contributed by atoms with E-state index in [0.29, 0.717) is 29.4 Å². The zero-order chi connectivity index (χ0) is 27.6. The van der Waals surface area contributed by atoms with Gasteiger partial charge in [0.15, 0.2) is 0 Å². The first kappa shape index (κ1) is 30.4. The molecule has 1 atom stereocenters. The molecule has 0 aliphatic heterocycles. The molecule has 0 aliphatic rings. The van der Waals surface area contributed by atoms with Crippen LogP contribution in [0.4, 0.5) is 5.69 Å². The number of methoxy groups -OCH3 is 1. The van der Waals surface area contributed by atoms with Gasteiger partial charge in [-0.15, -0.1) is 0 Å². The molecule has 0 saturated carbocycles. The van der Waals surface area contributed by atoms with Gasteiger partial charge in [0.1, 0.15) is 11.8 Å². The Bertz CT molecular complexity index is 1160. The largest absolute Gasteiger partial charge is 0.497 e. The molecule has 37 heavy (non-hydrogen) atoms. The molecule has 0 spiro atoms. The summed E-state index contributed by atoms with van der Waals surface area (Å²) in [4.78, 5) is 28.0. The maximum Gasteiger partial charge on any atom is 0.242 e. The highest BCUT2D eigenvalue weighted by Crippen LogP contribution is 2.27. The van der Waals surface area contributed by atoms with Crippen LogP contribution < -0.4 is 14.4 Å². The van der Waals surface area contributed by atoms with Gasteiger partial charge in [0, 0.05) is 31.1 Å². The van der Waals surface area contributed by atoms with Crippen LogP contribution in [0.25, 0.3) is 0 Å². The van der Waals surface area contributed by atoms with Crippen molar-refractivity contribution in [1.82, 2.24) is 10.2 Å². The molecule has 204 valence electrons. The molecule has 0 bridgehead atoms. The SMILES string of the molecule is CCCNC(=O)[C@@H](CC)N(Cc1ccc(OC)cc1)C(=O)CCCN(c1cc(Cl)ccc1C)S(C)(=O)=O. The van der Waals surface area contributed by atoms with Gasteiger partial charge in [-0.3, -0.25) is 13.9 Å². The van der Waals surface area contributed by atoms with Crippen molar-refractivity contribution in [2.24, 2.45) is 0 Å². The molecular formula is C27H38ClN3O5S. The molecule has 0 radical (unpaired) electrons. The van der Waals surface area contributed by atoms with E-state index in [-0.39, 0.29) is 37.7 Å². The summed E-state index contributed by atoms with van der Waals surface area (Å²) >= 11 is 6.12. The number of rotatable bonds is 14. The maximum atomic E-state index is 13.5. The summed E-state index contributed by atoms with van der Waals surface area (Å²) in [5, 5.41) is 3.33. The molecule has 0 aliphatic carbocycles. The third-order valence-corrected chi connectivity index (χ3v) is 7.45. The third-order valence-electron chi connectivity index (χ3n) is 6.04. The second kappa shape index (κ2) is 14.2. The molecule has 1 N–H and O–H groups in total. The normalized spacial score (nSPS) is 12.1. The van der Waals surface area contributed by atoms with E-state index < -0.39 is 16.1 Å². The highest BCUT2D eigenvalue weighted by atomic mass is 35.5. The van der Waals surface area contributed by atoms with Gasteiger partial charge < -0.3 is 15.0 Å². The number of halogens is 1. The van der Waals surface area contributed by atoms with E-state index in [1.54, 1.807) is 30.2 Å². The molecule has 2 amide bonds. The van der Waals surface area contributed by atoms with Gasteiger partial charge in [-0.1, -0.05) is 43.6 Å². The summed E-state index contributed by atoms with van der Waals surface area (Å²) in [6.45, 7) is 6.55. The summed E-state index contributed by atoms with van der Waals surface area (Å²) in [5.41, 5.74) is 2.12. The summed E-state index contributed by atoms with van der Waals surface area (Å²) in [7, 11) is -2.02. The van der Waals surface area contributed by atoms with E-state index in [1.165, 1.54) is 4.31 Å². The van der Waals surface area contributed by atoms with Crippen molar-refractivity contribution < 1.29 is 22.7 Å². The Balaban J connectivity index is 2.24. The van der Waals surface area contributed by atoms with E-state index in [1.807, 2.05) is 45.0 Å². The van der Waals surface area contributed by atoms with Gasteiger partial charge in [-0.2, -0.15) is 0 Å². The van der Waals surface area contributed by atoms with Crippen molar-refractivity contribution in [2.75, 3.05) is 30.8 Å². The number of anilines is 1. The van der Waals surface area contributed by atoms with Crippen LogP contribution in [-0.2, 0) is 26.2 Å². The zero-order valence-electron chi connectivity index (χ0n) is 22.3. The van der Waals surface area contributed by atoms with Gasteiger partial charge in [0.2, 0.25) is 21.8 Å². The van der Waals surface area contributed by atoms with E-state index in [0.717, 1.165) is 23.8 Å². The van der Waals surface area contributed by atoms with Crippen LogP contribution in [0, 0.1) is 6.92 Å². The summed E-state index contributed by atoms with van der Waals surface area (Å²) in [6.07, 6.45) is 2.74. The van der Waals surface area contributed by atoms with Crippen molar-refractivity contribution in [3.05, 3.63) is 58.6 Å². The molecule has 0 saturated heterocycles. The number of carbonyl (C=O) groups excluding carboxylic acids is 2. The van der Waals surface area contributed by atoms with Crippen LogP contribution in [0.5, 0.6) is 5.75 Å². The van der Waals surface area contributed by atoms with Crippen molar-refractivity contribution in [2.45, 2.75) is 59.0 Å². The lowest BCUT2D eigenvalue weighted by Crippen LogP contribution is -2.49. The summed E-state index contributed by atoms with van der Waals surface area (Å²) in [5.74, 6) is 0.288. The maximum absolute atomic E-state index is 13.5. The summed E-state index contributed by atoms with van der Waals surface area (Å²) < 4.78 is 31.6. The Hall–Kier alpha value is -2.78. The molecule has 0 fully saturated rings. The predicted molar refractivity (Wildman–Crippen MR) is 149 cm³/mol. The first-order valence-electron chi connectivity index (χ1n) is 12.5. The molecule has 2 rings (SSSR count). The molecular weight excluding hydrogens is 514 g/mol. The Morgan fingerprint density at radius 3 is 2.35 bits per heavy atom. The number of nitrogens with one attached hydrogen (secondary N) is 1. The number of benzene rings is 2. The quantitative estimate of drug-likeness (QED) is 0.372. The molecule has 2 aromatic carbocycles. The number of aryl methyl sites for hydroxylation is 1. The van der Waals surface area contributed by atoms with E-state index in [2.05, 4.69) is 5.32 Å². The van der Waals surface area contributed by atoms with Crippen LogP contribution >= 0.6 is 11.6 Å². The molecule has 10 heteroatoms. The van der Waals surface area contributed by atoms with E-state index in [4.69, 9.17) is 16.3 Å². The predicted octanol–water partition coefficient (Wildman–Crippen LogP) is 4.54. The van der Waals surface area contributed by atoms with Crippen molar-refractivity contribution in [3.63, 3.8) is 0 Å². The monoisotopic (exact) mass is 551 g/mol. The van der Waals surface area contributed by atoms with E-state index in [9.17, 15) is 18.0 Å². The second-order valence-electron chi connectivity index (χ2n) is 8.95. The van der Waals surface area contributed by atoms with Gasteiger partial charge in [0.25, 0.3) is 0 Å². The Morgan fingerprint density at radius 2 is 1.78 bits per heavy atom. The zero-order valence-corrected chi connectivity index (χ0v) is 23.9. The van der Waals surface area contributed by atoms with Crippen molar-refractivity contribution >= 4 is 39.1 Å². The van der Waals surface area contributed by atoms with Crippen molar-refractivity contribution in [3.8, 4) is 5.75 Å². The number of sulfonamides is 1. The first-order valence-corrected chi connectivity index (χ1v) is 14.7. The lowest BCUT2D eigenvalue weighted by atomic mass is 10.1. The van der Waals surface area contributed by atoms with Gasteiger partial charge in [-0.25, -0.2) is 8.42 Å². The smallest absolute Gasteiger partial charge is 0.242 e. The number of hydrogen-bond donors (Lipinski definition) is 1. The van der Waals surface area contributed by atoms with E-state index >= 15 is 0 Å². The Kier molecular flexibility index (Phi) is 11.7. The van der Waals surface area contributed by atoms with Crippen molar-refractivity contribution in [1.29, 1.82) is 0 Å². The highest BCUT2D eigenvalue weighted by molar-refractivity contribution is 7.92. The average molecular weight is 552 g/mol. The molecule has 0 aromatic heterocycles. The minimum atomic E-state index is -3.60. The number of ether oxygens (including phenoxy) is 1. The lowest BCUT2D eigenvalue weighted by molar-refractivity contribution is -0.141. The molecule has 0 unspecified atom stereocenters. The fourth-order valence-electron chi connectivity index (χ4n) is 4.05. The standard InChI is InChI=1S/C27H38ClN3O5S/c1-6-16-29-27(33)24(7-2)30(19-21-11-14-23(36-4)15-12-21)26(32)9-8-17-31(37(5,34)35)25-18-22(28)13-10-20(25)3/h10-15,18,24H,6-9,16-17,19H2,1-5H3,(H,29,33)/t24-/m1/s1.